The molecular weight excluding hydrogens is 378 g/mol. The predicted octanol–water partition coefficient (Wildman–Crippen LogP) is 4.09. The summed E-state index contributed by atoms with van der Waals surface area (Å²) in [5.41, 5.74) is 1.56. The molecule has 0 spiro atoms. The summed E-state index contributed by atoms with van der Waals surface area (Å²) in [7, 11) is 1.22. The number of benzene rings is 2. The lowest BCUT2D eigenvalue weighted by molar-refractivity contribution is -0.119. The minimum atomic E-state index is -0.782. The van der Waals surface area contributed by atoms with Gasteiger partial charge >= 0.3 is 0 Å². The molecule has 1 saturated heterocycles. The molecule has 150 valence electrons. The maximum atomic E-state index is 14.2. The van der Waals surface area contributed by atoms with E-state index in [-0.39, 0.29) is 17.9 Å². The highest BCUT2D eigenvalue weighted by molar-refractivity contribution is 5.90. The van der Waals surface area contributed by atoms with E-state index in [9.17, 15) is 13.6 Å². The lowest BCUT2D eigenvalue weighted by atomic mass is 10.0. The van der Waals surface area contributed by atoms with Gasteiger partial charge in [-0.25, -0.2) is 8.78 Å². The zero-order valence-electron chi connectivity index (χ0n) is 16.0. The number of rotatable bonds is 5. The number of aromatic nitrogens is 1. The molecule has 1 N–H and O–H groups in total. The molecule has 2 atom stereocenters. The summed E-state index contributed by atoms with van der Waals surface area (Å²) < 4.78 is 39.4. The van der Waals surface area contributed by atoms with Crippen molar-refractivity contribution in [1.29, 1.82) is 0 Å². The van der Waals surface area contributed by atoms with Crippen LogP contribution in [0.2, 0.25) is 0 Å². The highest BCUT2D eigenvalue weighted by Gasteiger charge is 2.28. The van der Waals surface area contributed by atoms with Crippen LogP contribution in [0.15, 0.2) is 42.6 Å². The molecule has 1 fully saturated rings. The smallest absolute Gasteiger partial charge is 0.220 e. The first-order valence-corrected chi connectivity index (χ1v) is 9.32. The summed E-state index contributed by atoms with van der Waals surface area (Å²) in [5, 5.41) is 3.59. The Morgan fingerprint density at radius 3 is 2.55 bits per heavy atom. The van der Waals surface area contributed by atoms with Gasteiger partial charge in [0.05, 0.1) is 12.6 Å². The van der Waals surface area contributed by atoms with Crippen LogP contribution in [-0.4, -0.2) is 30.6 Å². The van der Waals surface area contributed by atoms with E-state index in [1.54, 1.807) is 24.4 Å². The summed E-state index contributed by atoms with van der Waals surface area (Å²) in [6.07, 6.45) is 1.83. The lowest BCUT2D eigenvalue weighted by Crippen LogP contribution is -2.25. The largest absolute Gasteiger partial charge is 0.491 e. The second-order valence-electron chi connectivity index (χ2n) is 7.11. The third-order valence-electron chi connectivity index (χ3n) is 5.20. The Balaban J connectivity index is 1.76. The van der Waals surface area contributed by atoms with Gasteiger partial charge in [-0.3, -0.25) is 9.78 Å². The van der Waals surface area contributed by atoms with Gasteiger partial charge in [0.1, 0.15) is 11.9 Å². The summed E-state index contributed by atoms with van der Waals surface area (Å²) in [6, 6.07) is 9.62. The quantitative estimate of drug-likeness (QED) is 0.703. The van der Waals surface area contributed by atoms with Crippen LogP contribution in [0.3, 0.4) is 0 Å². The molecule has 1 aliphatic rings. The van der Waals surface area contributed by atoms with E-state index in [0.717, 1.165) is 5.39 Å². The predicted molar refractivity (Wildman–Crippen MR) is 105 cm³/mol. The monoisotopic (exact) mass is 398 g/mol. The molecule has 0 aliphatic carbocycles. The SMILES string of the molecule is COc1c(F)cc(-c2cc(O[C@H](C)[C@@H]3CNC(=O)C3)c3cccnc3c2)cc1F. The first-order valence-electron chi connectivity index (χ1n) is 9.32. The van der Waals surface area contributed by atoms with Crippen molar-refractivity contribution in [3.05, 3.63) is 54.2 Å². The van der Waals surface area contributed by atoms with Crippen LogP contribution in [0.1, 0.15) is 13.3 Å². The number of hydrogen-bond donors (Lipinski definition) is 1. The fourth-order valence-corrected chi connectivity index (χ4v) is 3.59. The number of amides is 1. The second kappa shape index (κ2) is 7.66. The van der Waals surface area contributed by atoms with Gasteiger partial charge in [-0.05, 0) is 54.4 Å². The number of hydrogen-bond acceptors (Lipinski definition) is 4. The normalized spacial score (nSPS) is 17.2. The van der Waals surface area contributed by atoms with E-state index in [2.05, 4.69) is 10.3 Å². The molecular formula is C22H20F2N2O3. The Bertz CT molecular complexity index is 1060. The number of ether oxygens (including phenoxy) is 2. The number of nitrogens with one attached hydrogen (secondary N) is 1. The average Bonchev–Trinajstić information content (AvgIpc) is 3.14. The zero-order valence-corrected chi connectivity index (χ0v) is 16.0. The van der Waals surface area contributed by atoms with E-state index in [1.807, 2.05) is 13.0 Å². The number of pyridine rings is 1. The number of carbonyl (C=O) groups excluding carboxylic acids is 1. The van der Waals surface area contributed by atoms with Crippen molar-refractivity contribution < 1.29 is 23.0 Å². The van der Waals surface area contributed by atoms with Crippen molar-refractivity contribution in [2.45, 2.75) is 19.4 Å². The van der Waals surface area contributed by atoms with Crippen molar-refractivity contribution in [3.63, 3.8) is 0 Å². The minimum absolute atomic E-state index is 0.00917. The molecule has 7 heteroatoms. The van der Waals surface area contributed by atoms with Crippen LogP contribution in [0.5, 0.6) is 11.5 Å². The molecule has 0 saturated carbocycles. The molecule has 0 unspecified atom stereocenters. The van der Waals surface area contributed by atoms with Gasteiger partial charge in [0.25, 0.3) is 0 Å². The fourth-order valence-electron chi connectivity index (χ4n) is 3.59. The number of carbonyl (C=O) groups is 1. The summed E-state index contributed by atoms with van der Waals surface area (Å²) in [6.45, 7) is 2.47. The van der Waals surface area contributed by atoms with Crippen molar-refractivity contribution in [2.75, 3.05) is 13.7 Å². The molecule has 2 heterocycles. The first-order chi connectivity index (χ1) is 14.0. The number of halogens is 2. The molecule has 0 radical (unpaired) electrons. The van der Waals surface area contributed by atoms with Gasteiger partial charge in [0.15, 0.2) is 17.4 Å². The Labute approximate surface area is 166 Å². The molecule has 4 rings (SSSR count). The Morgan fingerprint density at radius 2 is 1.90 bits per heavy atom. The van der Waals surface area contributed by atoms with E-state index in [1.165, 1.54) is 19.2 Å². The van der Waals surface area contributed by atoms with Gasteiger partial charge < -0.3 is 14.8 Å². The van der Waals surface area contributed by atoms with Crippen LogP contribution >= 0.6 is 0 Å². The molecule has 29 heavy (non-hydrogen) atoms. The third-order valence-corrected chi connectivity index (χ3v) is 5.20. The molecule has 1 amide bonds. The maximum absolute atomic E-state index is 14.2. The van der Waals surface area contributed by atoms with Crippen LogP contribution < -0.4 is 14.8 Å². The van der Waals surface area contributed by atoms with Crippen LogP contribution in [0.25, 0.3) is 22.0 Å². The van der Waals surface area contributed by atoms with Gasteiger partial charge in [-0.15, -0.1) is 0 Å². The molecule has 1 aliphatic heterocycles. The summed E-state index contributed by atoms with van der Waals surface area (Å²) >= 11 is 0. The van der Waals surface area contributed by atoms with Crippen LogP contribution in [-0.2, 0) is 4.79 Å². The Morgan fingerprint density at radius 1 is 1.17 bits per heavy atom. The minimum Gasteiger partial charge on any atom is -0.491 e. The van der Waals surface area contributed by atoms with E-state index in [4.69, 9.17) is 9.47 Å². The van der Waals surface area contributed by atoms with Crippen molar-refractivity contribution in [2.24, 2.45) is 5.92 Å². The highest BCUT2D eigenvalue weighted by Crippen LogP contribution is 2.35. The van der Waals surface area contributed by atoms with Crippen molar-refractivity contribution in [1.82, 2.24) is 10.3 Å². The molecule has 5 nitrogen and oxygen atoms in total. The molecule has 2 aromatic carbocycles. The molecule has 3 aromatic rings. The standard InChI is InChI=1S/C22H20F2N2O3/c1-12(15-10-21(27)26-11-15)29-20-9-14(8-19-16(20)4-3-5-25-19)13-6-17(23)22(28-2)18(24)7-13/h3-9,12,15H,10-11H2,1-2H3,(H,26,27)/t12-,15+/m1/s1. The fraction of sp³-hybridized carbons (Fsp3) is 0.273. The van der Waals surface area contributed by atoms with E-state index >= 15 is 0 Å². The second-order valence-corrected chi connectivity index (χ2v) is 7.11. The number of nitrogens with zero attached hydrogens (tertiary/aromatic N) is 1. The maximum Gasteiger partial charge on any atom is 0.220 e. The van der Waals surface area contributed by atoms with Gasteiger partial charge in [0, 0.05) is 30.5 Å². The van der Waals surface area contributed by atoms with Crippen molar-refractivity contribution >= 4 is 16.8 Å². The first kappa shape index (κ1) is 19.1. The van der Waals surface area contributed by atoms with Crippen LogP contribution in [0, 0.1) is 17.6 Å². The van der Waals surface area contributed by atoms with E-state index in [0.29, 0.717) is 35.4 Å². The summed E-state index contributed by atoms with van der Waals surface area (Å²) in [5.74, 6) is -1.38. The average molecular weight is 398 g/mol. The van der Waals surface area contributed by atoms with E-state index < -0.39 is 17.4 Å². The molecule has 0 bridgehead atoms. The van der Waals surface area contributed by atoms with Gasteiger partial charge in [-0.2, -0.15) is 0 Å². The van der Waals surface area contributed by atoms with Gasteiger partial charge in [-0.1, -0.05) is 0 Å². The Hall–Kier alpha value is -3.22. The topological polar surface area (TPSA) is 60.5 Å². The van der Waals surface area contributed by atoms with Gasteiger partial charge in [0.2, 0.25) is 5.91 Å². The molecule has 1 aromatic heterocycles. The number of fused-ring (bicyclic) bond motifs is 1. The lowest BCUT2D eigenvalue weighted by Gasteiger charge is -2.21. The third kappa shape index (κ3) is 3.72. The Kier molecular flexibility index (Phi) is 5.05. The highest BCUT2D eigenvalue weighted by atomic mass is 19.1. The van der Waals surface area contributed by atoms with Crippen molar-refractivity contribution in [3.8, 4) is 22.6 Å². The summed E-state index contributed by atoms with van der Waals surface area (Å²) in [4.78, 5) is 15.9. The zero-order chi connectivity index (χ0) is 20.5. The number of methoxy groups -OCH3 is 1. The van der Waals surface area contributed by atoms with Crippen LogP contribution in [0.4, 0.5) is 8.78 Å².